The minimum atomic E-state index is 0.303. The Morgan fingerprint density at radius 2 is 2.42 bits per heavy atom. The fourth-order valence-corrected chi connectivity index (χ4v) is 2.15. The van der Waals surface area contributed by atoms with E-state index in [1.807, 2.05) is 6.92 Å². The summed E-state index contributed by atoms with van der Waals surface area (Å²) in [5.41, 5.74) is 5.79. The normalized spacial score (nSPS) is 20.4. The molecule has 0 bridgehead atoms. The third kappa shape index (κ3) is 4.04. The molecule has 0 amide bonds. The standard InChI is InChI=1S/C13H22N4O2/c1-3-18-8-13-16-11(14)6-12(17-13)15-9(2)10-4-5-19-7-10/h6,9-10H,3-5,7-8H2,1-2H3,(H3,14,15,16,17). The van der Waals surface area contributed by atoms with Gasteiger partial charge in [0.15, 0.2) is 5.82 Å². The van der Waals surface area contributed by atoms with E-state index in [1.165, 1.54) is 0 Å². The van der Waals surface area contributed by atoms with Gasteiger partial charge in [-0.1, -0.05) is 0 Å². The number of nitrogens with two attached hydrogens (primary N) is 1. The molecule has 2 rings (SSSR count). The van der Waals surface area contributed by atoms with Gasteiger partial charge in [0.1, 0.15) is 18.2 Å². The number of ether oxygens (including phenoxy) is 2. The topological polar surface area (TPSA) is 82.3 Å². The van der Waals surface area contributed by atoms with E-state index < -0.39 is 0 Å². The number of nitrogen functional groups attached to an aromatic ring is 1. The third-order valence-electron chi connectivity index (χ3n) is 3.28. The molecule has 0 aromatic carbocycles. The molecule has 2 unspecified atom stereocenters. The molecule has 1 saturated heterocycles. The molecule has 0 saturated carbocycles. The van der Waals surface area contributed by atoms with E-state index in [4.69, 9.17) is 15.2 Å². The van der Waals surface area contributed by atoms with Crippen LogP contribution in [0.25, 0.3) is 0 Å². The molecule has 1 aliphatic rings. The molecule has 2 atom stereocenters. The Labute approximate surface area is 113 Å². The number of aromatic nitrogens is 2. The highest BCUT2D eigenvalue weighted by atomic mass is 16.5. The summed E-state index contributed by atoms with van der Waals surface area (Å²) in [5, 5.41) is 3.37. The van der Waals surface area contributed by atoms with Crippen molar-refractivity contribution >= 4 is 11.6 Å². The average molecular weight is 266 g/mol. The summed E-state index contributed by atoms with van der Waals surface area (Å²) in [6, 6.07) is 2.05. The summed E-state index contributed by atoms with van der Waals surface area (Å²) < 4.78 is 10.7. The lowest BCUT2D eigenvalue weighted by molar-refractivity contribution is 0.128. The van der Waals surface area contributed by atoms with Crippen molar-refractivity contribution in [3.05, 3.63) is 11.9 Å². The highest BCUT2D eigenvalue weighted by molar-refractivity contribution is 5.45. The Hall–Kier alpha value is -1.40. The summed E-state index contributed by atoms with van der Waals surface area (Å²) in [6.45, 7) is 6.75. The molecule has 0 aliphatic carbocycles. The molecule has 6 heteroatoms. The highest BCUT2D eigenvalue weighted by Gasteiger charge is 2.22. The van der Waals surface area contributed by atoms with Crippen LogP contribution < -0.4 is 11.1 Å². The van der Waals surface area contributed by atoms with Crippen LogP contribution >= 0.6 is 0 Å². The van der Waals surface area contributed by atoms with Crippen LogP contribution in [0.1, 0.15) is 26.1 Å². The van der Waals surface area contributed by atoms with Gasteiger partial charge in [0.25, 0.3) is 0 Å². The van der Waals surface area contributed by atoms with Gasteiger partial charge in [-0.15, -0.1) is 0 Å². The number of nitrogens with zero attached hydrogens (tertiary/aromatic N) is 2. The van der Waals surface area contributed by atoms with Crippen molar-refractivity contribution in [2.75, 3.05) is 30.9 Å². The minimum Gasteiger partial charge on any atom is -0.384 e. The van der Waals surface area contributed by atoms with E-state index in [0.717, 1.165) is 25.5 Å². The Morgan fingerprint density at radius 3 is 3.11 bits per heavy atom. The monoisotopic (exact) mass is 266 g/mol. The summed E-state index contributed by atoms with van der Waals surface area (Å²) >= 11 is 0. The second kappa shape index (κ2) is 6.68. The molecular weight excluding hydrogens is 244 g/mol. The summed E-state index contributed by atoms with van der Waals surface area (Å²) in [4.78, 5) is 8.57. The fraction of sp³-hybridized carbons (Fsp3) is 0.692. The van der Waals surface area contributed by atoms with Gasteiger partial charge in [0.2, 0.25) is 0 Å². The van der Waals surface area contributed by atoms with Gasteiger partial charge < -0.3 is 20.5 Å². The SMILES string of the molecule is CCOCc1nc(N)cc(NC(C)C2CCOC2)n1. The van der Waals surface area contributed by atoms with Crippen LogP contribution in [0.15, 0.2) is 6.07 Å². The average Bonchev–Trinajstić information content (AvgIpc) is 2.89. The van der Waals surface area contributed by atoms with E-state index in [0.29, 0.717) is 36.8 Å². The van der Waals surface area contributed by atoms with E-state index in [-0.39, 0.29) is 0 Å². The zero-order chi connectivity index (χ0) is 13.7. The molecule has 2 heterocycles. The van der Waals surface area contributed by atoms with Gasteiger partial charge in [-0.05, 0) is 20.3 Å². The largest absolute Gasteiger partial charge is 0.384 e. The maximum absolute atomic E-state index is 5.79. The van der Waals surface area contributed by atoms with Crippen molar-refractivity contribution in [1.82, 2.24) is 9.97 Å². The zero-order valence-electron chi connectivity index (χ0n) is 11.6. The van der Waals surface area contributed by atoms with Crippen LogP contribution in [0.5, 0.6) is 0 Å². The second-order valence-electron chi connectivity index (χ2n) is 4.79. The molecule has 0 spiro atoms. The van der Waals surface area contributed by atoms with Crippen molar-refractivity contribution in [3.8, 4) is 0 Å². The zero-order valence-corrected chi connectivity index (χ0v) is 11.6. The first kappa shape index (κ1) is 14.0. The van der Waals surface area contributed by atoms with Crippen LogP contribution in [-0.4, -0.2) is 35.8 Å². The quantitative estimate of drug-likeness (QED) is 0.810. The first-order valence-corrected chi connectivity index (χ1v) is 6.74. The molecule has 6 nitrogen and oxygen atoms in total. The molecule has 3 N–H and O–H groups in total. The first-order chi connectivity index (χ1) is 9.19. The van der Waals surface area contributed by atoms with Crippen molar-refractivity contribution < 1.29 is 9.47 Å². The van der Waals surface area contributed by atoms with E-state index in [1.54, 1.807) is 6.07 Å². The molecule has 0 radical (unpaired) electrons. The number of nitrogens with one attached hydrogen (secondary N) is 1. The van der Waals surface area contributed by atoms with Crippen LogP contribution in [0, 0.1) is 5.92 Å². The smallest absolute Gasteiger partial charge is 0.158 e. The summed E-state index contributed by atoms with van der Waals surface area (Å²) in [7, 11) is 0. The van der Waals surface area contributed by atoms with Gasteiger partial charge in [-0.3, -0.25) is 0 Å². The molecule has 1 fully saturated rings. The second-order valence-corrected chi connectivity index (χ2v) is 4.79. The lowest BCUT2D eigenvalue weighted by atomic mass is 10.0. The maximum Gasteiger partial charge on any atom is 0.158 e. The molecule has 1 aliphatic heterocycles. The van der Waals surface area contributed by atoms with Crippen molar-refractivity contribution in [1.29, 1.82) is 0 Å². The Bertz CT molecular complexity index is 408. The lowest BCUT2D eigenvalue weighted by Crippen LogP contribution is -2.27. The van der Waals surface area contributed by atoms with Gasteiger partial charge in [-0.2, -0.15) is 0 Å². The molecule has 1 aromatic heterocycles. The number of hydrogen-bond donors (Lipinski definition) is 2. The molecular formula is C13H22N4O2. The first-order valence-electron chi connectivity index (χ1n) is 6.74. The van der Waals surface area contributed by atoms with Gasteiger partial charge >= 0.3 is 0 Å². The van der Waals surface area contributed by atoms with Gasteiger partial charge in [-0.25, -0.2) is 9.97 Å². The highest BCUT2D eigenvalue weighted by Crippen LogP contribution is 2.20. The van der Waals surface area contributed by atoms with Crippen molar-refractivity contribution in [2.45, 2.75) is 32.9 Å². The fourth-order valence-electron chi connectivity index (χ4n) is 2.15. The maximum atomic E-state index is 5.79. The molecule has 19 heavy (non-hydrogen) atoms. The van der Waals surface area contributed by atoms with Crippen LogP contribution in [-0.2, 0) is 16.1 Å². The molecule has 106 valence electrons. The Morgan fingerprint density at radius 1 is 1.58 bits per heavy atom. The predicted octanol–water partition coefficient (Wildman–Crippen LogP) is 1.43. The minimum absolute atomic E-state index is 0.303. The van der Waals surface area contributed by atoms with E-state index in [2.05, 4.69) is 22.2 Å². The summed E-state index contributed by atoms with van der Waals surface area (Å²) in [5.74, 6) is 2.34. The number of hydrogen-bond acceptors (Lipinski definition) is 6. The van der Waals surface area contributed by atoms with Crippen molar-refractivity contribution in [2.24, 2.45) is 5.92 Å². The number of rotatable bonds is 6. The predicted molar refractivity (Wildman–Crippen MR) is 73.8 cm³/mol. The van der Waals surface area contributed by atoms with Gasteiger partial charge in [0, 0.05) is 31.2 Å². The summed E-state index contributed by atoms with van der Waals surface area (Å²) in [6.07, 6.45) is 1.08. The van der Waals surface area contributed by atoms with E-state index in [9.17, 15) is 0 Å². The number of anilines is 2. The Balaban J connectivity index is 2.00. The van der Waals surface area contributed by atoms with Crippen LogP contribution in [0.4, 0.5) is 11.6 Å². The molecule has 1 aromatic rings. The van der Waals surface area contributed by atoms with Crippen LogP contribution in [0.3, 0.4) is 0 Å². The van der Waals surface area contributed by atoms with Crippen LogP contribution in [0.2, 0.25) is 0 Å². The third-order valence-corrected chi connectivity index (χ3v) is 3.28. The van der Waals surface area contributed by atoms with E-state index >= 15 is 0 Å². The van der Waals surface area contributed by atoms with Gasteiger partial charge in [0.05, 0.1) is 6.61 Å². The Kier molecular flexibility index (Phi) is 4.93. The van der Waals surface area contributed by atoms with Crippen molar-refractivity contribution in [3.63, 3.8) is 0 Å². The lowest BCUT2D eigenvalue weighted by Gasteiger charge is -2.20.